The summed E-state index contributed by atoms with van der Waals surface area (Å²) in [5.74, 6) is -0.205. The summed E-state index contributed by atoms with van der Waals surface area (Å²) in [6, 6.07) is 1.14. The van der Waals surface area contributed by atoms with Crippen LogP contribution in [0.25, 0.3) is 0 Å². The Hall–Kier alpha value is -0.650. The molecule has 1 aliphatic heterocycles. The van der Waals surface area contributed by atoms with Crippen molar-refractivity contribution in [3.05, 3.63) is 0 Å². The van der Waals surface area contributed by atoms with Crippen LogP contribution in [0.3, 0.4) is 0 Å². The molecule has 3 unspecified atom stereocenters. The number of carbonyl (C=O) groups excluding carboxylic acids is 1. The van der Waals surface area contributed by atoms with Crippen molar-refractivity contribution in [2.75, 3.05) is 34.2 Å². The van der Waals surface area contributed by atoms with Crippen LogP contribution in [0.15, 0.2) is 0 Å². The van der Waals surface area contributed by atoms with Crippen molar-refractivity contribution in [2.45, 2.75) is 49.7 Å². The van der Waals surface area contributed by atoms with Crippen LogP contribution in [0.5, 0.6) is 0 Å². The van der Waals surface area contributed by atoms with Gasteiger partial charge in [0.05, 0.1) is 5.54 Å². The average Bonchev–Trinajstić information content (AvgIpc) is 2.97. The first-order chi connectivity index (χ1) is 8.98. The van der Waals surface area contributed by atoms with Crippen molar-refractivity contribution in [1.82, 2.24) is 15.1 Å². The number of hydrogen-bond acceptors (Lipinski definition) is 4. The van der Waals surface area contributed by atoms with Crippen molar-refractivity contribution >= 4 is 5.91 Å². The summed E-state index contributed by atoms with van der Waals surface area (Å²) in [6.07, 6.45) is 5.35. The van der Waals surface area contributed by atoms with Crippen LogP contribution in [0.1, 0.15) is 32.1 Å². The molecule has 19 heavy (non-hydrogen) atoms. The van der Waals surface area contributed by atoms with Crippen LogP contribution in [0.4, 0.5) is 0 Å². The van der Waals surface area contributed by atoms with Crippen molar-refractivity contribution < 1.29 is 4.79 Å². The normalized spacial score (nSPS) is 36.2. The van der Waals surface area contributed by atoms with Crippen LogP contribution in [0, 0.1) is 0 Å². The second-order valence-corrected chi connectivity index (χ2v) is 6.31. The quantitative estimate of drug-likeness (QED) is 0.737. The third kappa shape index (κ3) is 2.93. The Morgan fingerprint density at radius 3 is 2.74 bits per heavy atom. The fourth-order valence-electron chi connectivity index (χ4n) is 3.66. The molecular formula is C14H28N4O. The Labute approximate surface area is 116 Å². The number of likely N-dealkylation sites (N-methyl/N-ethyl adjacent to an activating group) is 3. The molecule has 0 aromatic heterocycles. The number of hydrogen-bond donors (Lipinski definition) is 2. The molecule has 1 heterocycles. The fourth-order valence-corrected chi connectivity index (χ4v) is 3.66. The summed E-state index contributed by atoms with van der Waals surface area (Å²) in [5.41, 5.74) is 5.08. The van der Waals surface area contributed by atoms with E-state index >= 15 is 0 Å². The number of primary amides is 1. The lowest BCUT2D eigenvalue weighted by Gasteiger charge is -2.31. The maximum Gasteiger partial charge on any atom is 0.237 e. The van der Waals surface area contributed by atoms with Gasteiger partial charge in [0.25, 0.3) is 0 Å². The zero-order valence-electron chi connectivity index (χ0n) is 12.5. The van der Waals surface area contributed by atoms with E-state index in [1.165, 1.54) is 19.4 Å². The van der Waals surface area contributed by atoms with E-state index in [0.29, 0.717) is 12.1 Å². The van der Waals surface area contributed by atoms with Gasteiger partial charge in [0.2, 0.25) is 5.91 Å². The van der Waals surface area contributed by atoms with Crippen LogP contribution < -0.4 is 11.1 Å². The molecule has 1 saturated heterocycles. The van der Waals surface area contributed by atoms with Gasteiger partial charge in [-0.3, -0.25) is 4.79 Å². The summed E-state index contributed by atoms with van der Waals surface area (Å²) >= 11 is 0. The van der Waals surface area contributed by atoms with Gasteiger partial charge in [-0.2, -0.15) is 0 Å². The maximum atomic E-state index is 11.7. The zero-order chi connectivity index (χ0) is 14.0. The highest BCUT2D eigenvalue weighted by atomic mass is 16.1. The molecule has 0 bridgehead atoms. The Morgan fingerprint density at radius 2 is 2.26 bits per heavy atom. The van der Waals surface area contributed by atoms with E-state index in [0.717, 1.165) is 25.8 Å². The molecule has 2 fully saturated rings. The molecule has 5 heteroatoms. The molecular weight excluding hydrogens is 240 g/mol. The molecule has 1 amide bonds. The molecule has 0 radical (unpaired) electrons. The van der Waals surface area contributed by atoms with Gasteiger partial charge < -0.3 is 20.9 Å². The number of amides is 1. The van der Waals surface area contributed by atoms with E-state index in [1.54, 1.807) is 0 Å². The Kier molecular flexibility index (Phi) is 4.48. The minimum absolute atomic E-state index is 0.205. The van der Waals surface area contributed by atoms with Gasteiger partial charge >= 0.3 is 0 Å². The number of nitrogens with one attached hydrogen (secondary N) is 1. The summed E-state index contributed by atoms with van der Waals surface area (Å²) in [4.78, 5) is 16.5. The number of carbonyl (C=O) groups is 1. The lowest BCUT2D eigenvalue weighted by molar-refractivity contribution is -0.124. The molecule has 0 aromatic carbocycles. The SMILES string of the molecule is CNC1(C(N)=O)CCC(N(C)CC2CCCN2C)C1. The van der Waals surface area contributed by atoms with Crippen molar-refractivity contribution in [2.24, 2.45) is 5.73 Å². The molecule has 2 aliphatic rings. The Morgan fingerprint density at radius 1 is 1.53 bits per heavy atom. The second kappa shape index (κ2) is 5.77. The maximum absolute atomic E-state index is 11.7. The van der Waals surface area contributed by atoms with E-state index in [-0.39, 0.29) is 5.91 Å². The van der Waals surface area contributed by atoms with Crippen molar-refractivity contribution in [3.8, 4) is 0 Å². The molecule has 110 valence electrons. The van der Waals surface area contributed by atoms with Crippen LogP contribution in [-0.4, -0.2) is 67.6 Å². The van der Waals surface area contributed by atoms with Crippen LogP contribution in [-0.2, 0) is 4.79 Å². The van der Waals surface area contributed by atoms with Gasteiger partial charge in [-0.05, 0) is 59.8 Å². The molecule has 3 atom stereocenters. The lowest BCUT2D eigenvalue weighted by atomic mass is 9.96. The van der Waals surface area contributed by atoms with Gasteiger partial charge in [-0.25, -0.2) is 0 Å². The van der Waals surface area contributed by atoms with E-state index in [1.807, 2.05) is 7.05 Å². The fraction of sp³-hybridized carbons (Fsp3) is 0.929. The Bertz CT molecular complexity index is 335. The summed E-state index contributed by atoms with van der Waals surface area (Å²) in [7, 11) is 6.24. The molecule has 0 spiro atoms. The lowest BCUT2D eigenvalue weighted by Crippen LogP contribution is -2.53. The minimum Gasteiger partial charge on any atom is -0.368 e. The highest BCUT2D eigenvalue weighted by Crippen LogP contribution is 2.32. The van der Waals surface area contributed by atoms with Gasteiger partial charge in [0, 0.05) is 18.6 Å². The molecule has 3 N–H and O–H groups in total. The standard InChI is InChI=1S/C14H28N4O/c1-16-14(13(15)19)7-6-11(9-14)18(3)10-12-5-4-8-17(12)2/h11-12,16H,4-10H2,1-3H3,(H2,15,19). The third-order valence-corrected chi connectivity index (χ3v) is 5.23. The predicted molar refractivity (Wildman–Crippen MR) is 76.9 cm³/mol. The Balaban J connectivity index is 1.91. The highest BCUT2D eigenvalue weighted by molar-refractivity contribution is 5.85. The summed E-state index contributed by atoms with van der Waals surface area (Å²) in [6.45, 7) is 2.31. The van der Waals surface area contributed by atoms with E-state index in [2.05, 4.69) is 29.2 Å². The monoisotopic (exact) mass is 268 g/mol. The van der Waals surface area contributed by atoms with Gasteiger partial charge in [0.1, 0.15) is 0 Å². The smallest absolute Gasteiger partial charge is 0.237 e. The highest BCUT2D eigenvalue weighted by Gasteiger charge is 2.44. The average molecular weight is 268 g/mol. The number of rotatable bonds is 5. The van der Waals surface area contributed by atoms with Crippen molar-refractivity contribution in [1.29, 1.82) is 0 Å². The zero-order valence-corrected chi connectivity index (χ0v) is 12.5. The first-order valence-corrected chi connectivity index (χ1v) is 7.38. The number of nitrogens with two attached hydrogens (primary N) is 1. The summed E-state index contributed by atoms with van der Waals surface area (Å²) in [5, 5.41) is 3.15. The first kappa shape index (κ1) is 14.8. The topological polar surface area (TPSA) is 61.6 Å². The second-order valence-electron chi connectivity index (χ2n) is 6.31. The largest absolute Gasteiger partial charge is 0.368 e. The van der Waals surface area contributed by atoms with E-state index < -0.39 is 5.54 Å². The molecule has 2 rings (SSSR count). The molecule has 1 saturated carbocycles. The third-order valence-electron chi connectivity index (χ3n) is 5.23. The molecule has 1 aliphatic carbocycles. The van der Waals surface area contributed by atoms with E-state index in [4.69, 9.17) is 5.73 Å². The molecule has 5 nitrogen and oxygen atoms in total. The number of likely N-dealkylation sites (tertiary alicyclic amines) is 1. The van der Waals surface area contributed by atoms with Gasteiger partial charge in [-0.1, -0.05) is 0 Å². The van der Waals surface area contributed by atoms with Gasteiger partial charge in [0.15, 0.2) is 0 Å². The molecule has 0 aromatic rings. The first-order valence-electron chi connectivity index (χ1n) is 7.38. The summed E-state index contributed by atoms with van der Waals surface area (Å²) < 4.78 is 0. The predicted octanol–water partition coefficient (Wildman–Crippen LogP) is 0.00840. The minimum atomic E-state index is -0.486. The van der Waals surface area contributed by atoms with Crippen LogP contribution >= 0.6 is 0 Å². The van der Waals surface area contributed by atoms with Gasteiger partial charge in [-0.15, -0.1) is 0 Å². The number of nitrogens with zero attached hydrogens (tertiary/aromatic N) is 2. The van der Waals surface area contributed by atoms with Crippen molar-refractivity contribution in [3.63, 3.8) is 0 Å². The van der Waals surface area contributed by atoms with E-state index in [9.17, 15) is 4.79 Å². The van der Waals surface area contributed by atoms with Crippen LogP contribution in [0.2, 0.25) is 0 Å².